The molecule has 1 N–H and O–H groups in total. The summed E-state index contributed by atoms with van der Waals surface area (Å²) >= 11 is 0. The third-order valence-electron chi connectivity index (χ3n) is 0. The number of halogens is 4. The van der Waals surface area contributed by atoms with Gasteiger partial charge < -0.3 is 5.11 Å². The molecule has 46 valence electrons. The number of hydrogen-bond acceptors (Lipinski definition) is 1. The largest absolute Gasteiger partial charge is 0.400 e. The Labute approximate surface area is 32.4 Å². The van der Waals surface area contributed by atoms with Crippen LogP contribution in [0, 0.1) is 0 Å². The van der Waals surface area contributed by atoms with Gasteiger partial charge in [-0.05, 0) is 0 Å². The van der Waals surface area contributed by atoms with E-state index in [0.717, 1.165) is 7.11 Å². The van der Waals surface area contributed by atoms with Gasteiger partial charge in [-0.1, -0.05) is 0 Å². The average Bonchev–Trinajstić information content (AvgIpc) is 1.00. The summed E-state index contributed by atoms with van der Waals surface area (Å²) in [5, 5.41) is 7.00. The molecular weight excluding hydrogens is 104 g/mol. The summed E-state index contributed by atoms with van der Waals surface area (Å²) in [4.78, 5) is 0. The summed E-state index contributed by atoms with van der Waals surface area (Å²) in [6.45, 7) is 0. The number of aliphatic hydroxyl groups excluding tert-OH is 1. The molecule has 0 atom stereocenters. The molecule has 0 aliphatic rings. The summed E-state index contributed by atoms with van der Waals surface area (Å²) < 4.78 is 0. The average molecular weight is 112 g/mol. The molecule has 0 saturated carbocycles. The molecule has 0 bridgehead atoms. The summed E-state index contributed by atoms with van der Waals surface area (Å²) in [5.74, 6) is 0. The predicted molar refractivity (Wildman–Crippen MR) is 18.2 cm³/mol. The van der Waals surface area contributed by atoms with Crippen molar-refractivity contribution in [2.75, 3.05) is 7.11 Å². The van der Waals surface area contributed by atoms with Gasteiger partial charge in [0, 0.05) is 7.11 Å². The topological polar surface area (TPSA) is 20.2 Å². The zero-order valence-corrected chi connectivity index (χ0v) is 3.08. The fourth-order valence-electron chi connectivity index (χ4n) is 0. The van der Waals surface area contributed by atoms with E-state index >= 15 is 0 Å². The van der Waals surface area contributed by atoms with Crippen molar-refractivity contribution in [2.45, 2.75) is 0 Å². The van der Waals surface area contributed by atoms with E-state index in [0.29, 0.717) is 0 Å². The van der Waals surface area contributed by atoms with Crippen molar-refractivity contribution in [1.82, 2.24) is 0 Å². The van der Waals surface area contributed by atoms with Crippen molar-refractivity contribution in [3.05, 3.63) is 0 Å². The molecule has 0 aromatic heterocycles. The molecule has 0 fully saturated rings. The maximum Gasteiger partial charge on any atom is 0.0319 e. The second-order valence-corrected chi connectivity index (χ2v) is 0. The van der Waals surface area contributed by atoms with Crippen LogP contribution in [0.5, 0.6) is 0 Å². The molecule has 1 nitrogen and oxygen atoms in total. The summed E-state index contributed by atoms with van der Waals surface area (Å²) in [6, 6.07) is 0. The van der Waals surface area contributed by atoms with Crippen molar-refractivity contribution < 1.29 is 23.9 Å². The van der Waals surface area contributed by atoms with Gasteiger partial charge in [-0.3, -0.25) is 18.8 Å². The molecule has 5 heteroatoms. The molecule has 0 aliphatic heterocycles. The quantitative estimate of drug-likeness (QED) is 0.444. The van der Waals surface area contributed by atoms with Crippen molar-refractivity contribution in [3.63, 3.8) is 0 Å². The minimum Gasteiger partial charge on any atom is -0.400 e. The zero-order valence-electron chi connectivity index (χ0n) is 3.08. The molecule has 0 saturated heterocycles. The van der Waals surface area contributed by atoms with Gasteiger partial charge in [0.1, 0.15) is 0 Å². The molecule has 0 aliphatic carbocycles. The first-order valence-corrected chi connectivity index (χ1v) is 0.447. The second kappa shape index (κ2) is 619. The standard InChI is InChI=1S/CH4O.4FH/c1-2;;;;/h2H,1H3;4*1H. The van der Waals surface area contributed by atoms with E-state index in [2.05, 4.69) is 0 Å². The molecule has 0 amide bonds. The van der Waals surface area contributed by atoms with Crippen LogP contribution in [0.3, 0.4) is 0 Å². The van der Waals surface area contributed by atoms with E-state index in [-0.39, 0.29) is 18.8 Å². The highest BCUT2D eigenvalue weighted by molar-refractivity contribution is 3.18. The van der Waals surface area contributed by atoms with Crippen LogP contribution in [0.4, 0.5) is 18.8 Å². The van der Waals surface area contributed by atoms with Gasteiger partial charge in [0.2, 0.25) is 0 Å². The van der Waals surface area contributed by atoms with E-state index in [4.69, 9.17) is 5.11 Å². The molecular formula is CH8F4O. The van der Waals surface area contributed by atoms with Gasteiger partial charge in [0.25, 0.3) is 0 Å². The molecule has 0 aromatic rings. The maximum absolute atomic E-state index is 7.00. The Balaban J connectivity index is -0.000000000833. The van der Waals surface area contributed by atoms with Gasteiger partial charge in [0.05, 0.1) is 0 Å². The lowest BCUT2D eigenvalue weighted by Crippen LogP contribution is -1.25. The smallest absolute Gasteiger partial charge is 0.0319 e. The normalized spacial score (nSPS) is 1.00. The fraction of sp³-hybridized carbons (Fsp3) is 1.00. The predicted octanol–water partition coefficient (Wildman–Crippen LogP) is 0.219. The summed E-state index contributed by atoms with van der Waals surface area (Å²) in [7, 11) is 1.00. The molecule has 0 radical (unpaired) electrons. The Morgan fingerprint density at radius 2 is 0.667 bits per heavy atom. The summed E-state index contributed by atoms with van der Waals surface area (Å²) in [5.41, 5.74) is 0. The van der Waals surface area contributed by atoms with E-state index < -0.39 is 0 Å². The number of hydrogen-bond donors (Lipinski definition) is 1. The lowest BCUT2D eigenvalue weighted by Gasteiger charge is -1.21. The highest BCUT2D eigenvalue weighted by Gasteiger charge is 0.839. The molecule has 0 spiro atoms. The third-order valence-corrected chi connectivity index (χ3v) is 0. The first kappa shape index (κ1) is 269. The Hall–Kier alpha value is -0.320. The van der Waals surface area contributed by atoms with Crippen LogP contribution in [-0.4, -0.2) is 12.2 Å². The summed E-state index contributed by atoms with van der Waals surface area (Å²) in [6.07, 6.45) is 0. The van der Waals surface area contributed by atoms with Crippen LogP contribution in [0.15, 0.2) is 0 Å². The van der Waals surface area contributed by atoms with Crippen LogP contribution in [0.25, 0.3) is 0 Å². The Bertz CT molecular complexity index is 7.51. The van der Waals surface area contributed by atoms with Crippen molar-refractivity contribution in [2.24, 2.45) is 0 Å². The van der Waals surface area contributed by atoms with Crippen molar-refractivity contribution in [3.8, 4) is 0 Å². The van der Waals surface area contributed by atoms with Gasteiger partial charge in [-0.15, -0.1) is 0 Å². The van der Waals surface area contributed by atoms with Crippen LogP contribution < -0.4 is 0 Å². The van der Waals surface area contributed by atoms with Gasteiger partial charge >= 0.3 is 0 Å². The van der Waals surface area contributed by atoms with Crippen molar-refractivity contribution >= 4 is 0 Å². The molecule has 0 aromatic carbocycles. The monoisotopic (exact) mass is 112 g/mol. The maximum atomic E-state index is 7.00. The first-order chi connectivity index (χ1) is 1.00. The van der Waals surface area contributed by atoms with E-state index in [1.54, 1.807) is 0 Å². The first-order valence-electron chi connectivity index (χ1n) is 0.447. The molecule has 0 heterocycles. The highest BCUT2D eigenvalue weighted by Crippen LogP contribution is 0.755. The minimum absolute atomic E-state index is 0. The van der Waals surface area contributed by atoms with Crippen LogP contribution in [0.1, 0.15) is 0 Å². The van der Waals surface area contributed by atoms with E-state index in [9.17, 15) is 0 Å². The SMILES string of the molecule is CO.F.F.F.F. The number of aliphatic hydroxyl groups is 1. The highest BCUT2D eigenvalue weighted by atomic mass is 19.0. The zero-order chi connectivity index (χ0) is 2.00. The van der Waals surface area contributed by atoms with Crippen LogP contribution in [0.2, 0.25) is 0 Å². The van der Waals surface area contributed by atoms with Gasteiger partial charge in [-0.2, -0.15) is 0 Å². The Morgan fingerprint density at radius 1 is 0.667 bits per heavy atom. The van der Waals surface area contributed by atoms with E-state index in [1.165, 1.54) is 0 Å². The van der Waals surface area contributed by atoms with Gasteiger partial charge in [-0.25, -0.2) is 0 Å². The Kier molecular flexibility index (Phi) is 27800. The fourth-order valence-corrected chi connectivity index (χ4v) is 0. The third kappa shape index (κ3) is 258. The lowest BCUT2D eigenvalue weighted by atomic mass is 11.8. The molecule has 0 rings (SSSR count). The van der Waals surface area contributed by atoms with Crippen LogP contribution >= 0.6 is 0 Å². The lowest BCUT2D eigenvalue weighted by molar-refractivity contribution is 0.399. The van der Waals surface area contributed by atoms with Crippen molar-refractivity contribution in [1.29, 1.82) is 0 Å². The molecule has 6 heavy (non-hydrogen) atoms. The van der Waals surface area contributed by atoms with Crippen LogP contribution in [-0.2, 0) is 0 Å². The number of rotatable bonds is 0. The van der Waals surface area contributed by atoms with Gasteiger partial charge in [0.15, 0.2) is 0 Å². The second-order valence-electron chi connectivity index (χ2n) is 0. The minimum atomic E-state index is 0. The Morgan fingerprint density at radius 3 is 0.667 bits per heavy atom. The van der Waals surface area contributed by atoms with E-state index in [1.807, 2.05) is 0 Å². The molecule has 0 unspecified atom stereocenters.